The van der Waals surface area contributed by atoms with Gasteiger partial charge >= 0.3 is 0 Å². The molecule has 114 valence electrons. The number of hydrogen-bond acceptors (Lipinski definition) is 3. The molecule has 0 bridgehead atoms. The molecule has 1 aliphatic heterocycles. The maximum absolute atomic E-state index is 4.48. The molecule has 1 aliphatic rings. The number of hydrogen-bond donors (Lipinski definition) is 1. The number of aryl methyl sites for hydroxylation is 1. The molecular weight excluding hydrogens is 383 g/mol. The first-order valence-corrected chi connectivity index (χ1v) is 7.93. The zero-order chi connectivity index (χ0) is 13.7. The van der Waals surface area contributed by atoms with Crippen LogP contribution in [0.25, 0.3) is 0 Å². The minimum Gasteiger partial charge on any atom is -0.356 e. The van der Waals surface area contributed by atoms with Gasteiger partial charge in [-0.2, -0.15) is 0 Å². The third-order valence-corrected chi connectivity index (χ3v) is 4.45. The Balaban J connectivity index is 0.00000200. The Morgan fingerprint density at radius 3 is 2.75 bits per heavy atom. The van der Waals surface area contributed by atoms with Gasteiger partial charge < -0.3 is 10.2 Å². The molecule has 0 amide bonds. The minimum absolute atomic E-state index is 0. The van der Waals surface area contributed by atoms with Crippen molar-refractivity contribution in [1.29, 1.82) is 0 Å². The summed E-state index contributed by atoms with van der Waals surface area (Å²) in [6, 6.07) is 0. The van der Waals surface area contributed by atoms with Crippen LogP contribution in [-0.2, 0) is 6.42 Å². The molecule has 20 heavy (non-hydrogen) atoms. The zero-order valence-electron chi connectivity index (χ0n) is 12.6. The number of likely N-dealkylation sites (tertiary alicyclic amines) is 1. The number of thiazole rings is 1. The number of aliphatic imine (C=N–C) groups is 1. The van der Waals surface area contributed by atoms with Gasteiger partial charge in [0.25, 0.3) is 0 Å². The highest BCUT2D eigenvalue weighted by Gasteiger charge is 2.18. The van der Waals surface area contributed by atoms with Gasteiger partial charge in [0.05, 0.1) is 10.7 Å². The topological polar surface area (TPSA) is 40.5 Å². The largest absolute Gasteiger partial charge is 0.356 e. The van der Waals surface area contributed by atoms with Crippen LogP contribution in [0.2, 0.25) is 0 Å². The van der Waals surface area contributed by atoms with Gasteiger partial charge in [0.1, 0.15) is 0 Å². The molecule has 4 nitrogen and oxygen atoms in total. The lowest BCUT2D eigenvalue weighted by molar-refractivity contribution is 0.273. The monoisotopic (exact) mass is 408 g/mol. The fourth-order valence-electron chi connectivity index (χ4n) is 2.38. The molecule has 1 aromatic heterocycles. The van der Waals surface area contributed by atoms with Crippen molar-refractivity contribution in [2.75, 3.05) is 26.7 Å². The van der Waals surface area contributed by atoms with E-state index >= 15 is 0 Å². The lowest BCUT2D eigenvalue weighted by Gasteiger charge is -2.32. The standard InChI is InChI=1S/C14H24N4S.HI/c1-11-5-8-18(9-6-11)14(15-3)16-7-4-13-10-19-12(2)17-13;/h10-11H,4-9H2,1-3H3,(H,15,16);1H. The van der Waals surface area contributed by atoms with Crippen LogP contribution in [0.5, 0.6) is 0 Å². The highest BCUT2D eigenvalue weighted by Crippen LogP contribution is 2.15. The van der Waals surface area contributed by atoms with E-state index in [2.05, 4.69) is 39.4 Å². The zero-order valence-corrected chi connectivity index (χ0v) is 15.7. The second-order valence-corrected chi connectivity index (χ2v) is 6.31. The number of piperidine rings is 1. The van der Waals surface area contributed by atoms with Gasteiger partial charge in [0, 0.05) is 38.5 Å². The van der Waals surface area contributed by atoms with E-state index in [9.17, 15) is 0 Å². The van der Waals surface area contributed by atoms with Crippen LogP contribution in [0.15, 0.2) is 10.4 Å². The number of aromatic nitrogens is 1. The molecule has 2 rings (SSSR count). The van der Waals surface area contributed by atoms with Crippen LogP contribution in [0.1, 0.15) is 30.5 Å². The summed E-state index contributed by atoms with van der Waals surface area (Å²) in [5.41, 5.74) is 1.18. The van der Waals surface area contributed by atoms with E-state index in [1.54, 1.807) is 11.3 Å². The average Bonchev–Trinajstić information content (AvgIpc) is 2.82. The van der Waals surface area contributed by atoms with Crippen LogP contribution < -0.4 is 5.32 Å². The van der Waals surface area contributed by atoms with Gasteiger partial charge in [-0.25, -0.2) is 4.98 Å². The predicted octanol–water partition coefficient (Wildman–Crippen LogP) is 2.92. The van der Waals surface area contributed by atoms with E-state index in [1.165, 1.54) is 18.5 Å². The van der Waals surface area contributed by atoms with Crippen molar-refractivity contribution in [2.24, 2.45) is 10.9 Å². The normalized spacial score (nSPS) is 16.9. The van der Waals surface area contributed by atoms with Crippen LogP contribution in [0.4, 0.5) is 0 Å². The van der Waals surface area contributed by atoms with Crippen molar-refractivity contribution in [3.8, 4) is 0 Å². The van der Waals surface area contributed by atoms with Gasteiger partial charge in [-0.3, -0.25) is 4.99 Å². The SMILES string of the molecule is CN=C(NCCc1csc(C)n1)N1CCC(C)CC1.I. The molecule has 1 N–H and O–H groups in total. The number of guanidine groups is 1. The van der Waals surface area contributed by atoms with Crippen molar-refractivity contribution in [1.82, 2.24) is 15.2 Å². The van der Waals surface area contributed by atoms with E-state index in [0.717, 1.165) is 42.9 Å². The van der Waals surface area contributed by atoms with E-state index < -0.39 is 0 Å². The van der Waals surface area contributed by atoms with E-state index in [1.807, 2.05) is 7.05 Å². The summed E-state index contributed by atoms with van der Waals surface area (Å²) in [5.74, 6) is 1.89. The fraction of sp³-hybridized carbons (Fsp3) is 0.714. The number of nitrogens with zero attached hydrogens (tertiary/aromatic N) is 3. The molecule has 6 heteroatoms. The molecule has 0 saturated carbocycles. The number of rotatable bonds is 3. The van der Waals surface area contributed by atoms with E-state index in [0.29, 0.717) is 0 Å². The molecule has 0 aliphatic carbocycles. The third kappa shape index (κ3) is 5.20. The molecule has 1 saturated heterocycles. The quantitative estimate of drug-likeness (QED) is 0.475. The van der Waals surface area contributed by atoms with Gasteiger partial charge in [0.15, 0.2) is 5.96 Å². The smallest absolute Gasteiger partial charge is 0.193 e. The first kappa shape index (κ1) is 17.7. The van der Waals surface area contributed by atoms with Gasteiger partial charge in [-0.05, 0) is 25.7 Å². The number of halogens is 1. The Kier molecular flexibility index (Phi) is 7.79. The molecule has 2 heterocycles. The summed E-state index contributed by atoms with van der Waals surface area (Å²) in [6.07, 6.45) is 3.51. The molecule has 1 aromatic rings. The first-order chi connectivity index (χ1) is 9.19. The maximum atomic E-state index is 4.48. The van der Waals surface area contributed by atoms with Crippen LogP contribution in [-0.4, -0.2) is 42.5 Å². The van der Waals surface area contributed by atoms with E-state index in [4.69, 9.17) is 0 Å². The highest BCUT2D eigenvalue weighted by molar-refractivity contribution is 14.0. The summed E-state index contributed by atoms with van der Waals surface area (Å²) in [5, 5.41) is 6.74. The van der Waals surface area contributed by atoms with Gasteiger partial charge in [-0.1, -0.05) is 6.92 Å². The summed E-state index contributed by atoms with van der Waals surface area (Å²) in [7, 11) is 1.87. The summed E-state index contributed by atoms with van der Waals surface area (Å²) >= 11 is 1.72. The average molecular weight is 408 g/mol. The Hall–Kier alpha value is -0.370. The lowest BCUT2D eigenvalue weighted by Crippen LogP contribution is -2.45. The minimum atomic E-state index is 0. The molecule has 0 aromatic carbocycles. The Morgan fingerprint density at radius 2 is 2.20 bits per heavy atom. The highest BCUT2D eigenvalue weighted by atomic mass is 127. The van der Waals surface area contributed by atoms with Gasteiger partial charge in [0.2, 0.25) is 0 Å². The lowest BCUT2D eigenvalue weighted by atomic mass is 10.00. The second kappa shape index (κ2) is 8.81. The molecule has 0 spiro atoms. The van der Waals surface area contributed by atoms with Crippen LogP contribution in [0, 0.1) is 12.8 Å². The predicted molar refractivity (Wildman–Crippen MR) is 97.3 cm³/mol. The van der Waals surface area contributed by atoms with Crippen LogP contribution in [0.3, 0.4) is 0 Å². The van der Waals surface area contributed by atoms with Gasteiger partial charge in [-0.15, -0.1) is 35.3 Å². The molecule has 0 unspecified atom stereocenters. The van der Waals surface area contributed by atoms with Crippen molar-refractivity contribution in [3.63, 3.8) is 0 Å². The molecule has 1 fully saturated rings. The maximum Gasteiger partial charge on any atom is 0.193 e. The van der Waals surface area contributed by atoms with Crippen molar-refractivity contribution < 1.29 is 0 Å². The Morgan fingerprint density at radius 1 is 1.50 bits per heavy atom. The molecule has 0 radical (unpaired) electrons. The molecular formula is C14H25IN4S. The van der Waals surface area contributed by atoms with Crippen molar-refractivity contribution in [3.05, 3.63) is 16.1 Å². The fourth-order valence-corrected chi connectivity index (χ4v) is 3.03. The Labute approximate surface area is 143 Å². The second-order valence-electron chi connectivity index (χ2n) is 5.25. The summed E-state index contributed by atoms with van der Waals surface area (Å²) in [4.78, 5) is 11.2. The number of nitrogens with one attached hydrogen (secondary N) is 1. The Bertz CT molecular complexity index is 425. The third-order valence-electron chi connectivity index (χ3n) is 3.63. The van der Waals surface area contributed by atoms with Crippen molar-refractivity contribution >= 4 is 41.3 Å². The van der Waals surface area contributed by atoms with E-state index in [-0.39, 0.29) is 24.0 Å². The first-order valence-electron chi connectivity index (χ1n) is 7.05. The summed E-state index contributed by atoms with van der Waals surface area (Å²) in [6.45, 7) is 7.53. The molecule has 0 atom stereocenters. The van der Waals surface area contributed by atoms with Crippen LogP contribution >= 0.6 is 35.3 Å². The summed E-state index contributed by atoms with van der Waals surface area (Å²) < 4.78 is 0. The van der Waals surface area contributed by atoms with Crippen molar-refractivity contribution in [2.45, 2.75) is 33.1 Å².